The molecular weight excluding hydrogens is 295 g/mol. The van der Waals surface area contributed by atoms with Crippen LogP contribution < -0.4 is 16.4 Å². The maximum absolute atomic E-state index is 12.6. The summed E-state index contributed by atoms with van der Waals surface area (Å²) in [4.78, 5) is 11.7. The van der Waals surface area contributed by atoms with Crippen molar-refractivity contribution in [3.05, 3.63) is 59.7 Å². The number of rotatable bonds is 3. The molecule has 22 heavy (non-hydrogen) atoms. The zero-order valence-corrected chi connectivity index (χ0v) is 11.4. The number of benzene rings is 2. The number of carbonyl (C=O) groups excluding carboxylic acids is 1. The van der Waals surface area contributed by atoms with Crippen LogP contribution in [0.4, 0.5) is 29.3 Å². The summed E-state index contributed by atoms with van der Waals surface area (Å²) in [7, 11) is 0. The van der Waals surface area contributed by atoms with Crippen LogP contribution in [0.25, 0.3) is 0 Å². The number of amides is 2. The minimum atomic E-state index is -4.40. The second kappa shape index (κ2) is 6.38. The molecule has 0 unspecified atom stereocenters. The fourth-order valence-electron chi connectivity index (χ4n) is 1.83. The molecule has 4 nitrogen and oxygen atoms in total. The van der Waals surface area contributed by atoms with Gasteiger partial charge in [-0.1, -0.05) is 18.2 Å². The molecule has 0 atom stereocenters. The monoisotopic (exact) mass is 309 g/mol. The molecule has 0 spiro atoms. The van der Waals surface area contributed by atoms with Crippen LogP contribution in [0, 0.1) is 0 Å². The van der Waals surface area contributed by atoms with E-state index in [1.165, 1.54) is 12.1 Å². The molecule has 0 heterocycles. The van der Waals surface area contributed by atoms with Crippen molar-refractivity contribution in [2.75, 3.05) is 11.1 Å². The average molecular weight is 309 g/mol. The average Bonchev–Trinajstić information content (AvgIpc) is 2.45. The Hall–Kier alpha value is -2.70. The van der Waals surface area contributed by atoms with E-state index < -0.39 is 17.8 Å². The van der Waals surface area contributed by atoms with Gasteiger partial charge in [-0.25, -0.2) is 4.79 Å². The molecule has 2 aromatic carbocycles. The van der Waals surface area contributed by atoms with Crippen LogP contribution >= 0.6 is 0 Å². The molecule has 0 saturated heterocycles. The molecule has 0 aromatic heterocycles. The largest absolute Gasteiger partial charge is 0.416 e. The Bertz CT molecular complexity index is 671. The zero-order chi connectivity index (χ0) is 16.2. The van der Waals surface area contributed by atoms with E-state index in [-0.39, 0.29) is 6.54 Å². The van der Waals surface area contributed by atoms with E-state index in [9.17, 15) is 18.0 Å². The Balaban J connectivity index is 1.94. The molecule has 0 fully saturated rings. The topological polar surface area (TPSA) is 67.1 Å². The summed E-state index contributed by atoms with van der Waals surface area (Å²) in [5.41, 5.74) is 6.19. The Morgan fingerprint density at radius 3 is 2.50 bits per heavy atom. The van der Waals surface area contributed by atoms with Crippen molar-refractivity contribution in [3.8, 4) is 0 Å². The molecule has 0 saturated carbocycles. The summed E-state index contributed by atoms with van der Waals surface area (Å²) in [6, 6.07) is 10.8. The lowest BCUT2D eigenvalue weighted by molar-refractivity contribution is -0.137. The third-order valence-electron chi connectivity index (χ3n) is 2.85. The molecule has 0 aliphatic rings. The SMILES string of the molecule is Nc1cccc(NC(=O)NCc2cccc(C(F)(F)F)c2)c1. The number of hydrogen-bond acceptors (Lipinski definition) is 2. The van der Waals surface area contributed by atoms with Gasteiger partial charge in [0.1, 0.15) is 0 Å². The highest BCUT2D eigenvalue weighted by Crippen LogP contribution is 2.29. The van der Waals surface area contributed by atoms with E-state index in [2.05, 4.69) is 10.6 Å². The second-order valence-corrected chi connectivity index (χ2v) is 4.63. The molecule has 116 valence electrons. The Morgan fingerprint density at radius 1 is 1.09 bits per heavy atom. The second-order valence-electron chi connectivity index (χ2n) is 4.63. The maximum Gasteiger partial charge on any atom is 0.416 e. The summed E-state index contributed by atoms with van der Waals surface area (Å²) in [6.45, 7) is -0.0158. The number of nitrogens with two attached hydrogens (primary N) is 1. The van der Waals surface area contributed by atoms with Crippen LogP contribution in [0.2, 0.25) is 0 Å². The van der Waals surface area contributed by atoms with Crippen molar-refractivity contribution in [3.63, 3.8) is 0 Å². The van der Waals surface area contributed by atoms with Crippen molar-refractivity contribution in [2.45, 2.75) is 12.7 Å². The normalized spacial score (nSPS) is 11.0. The summed E-state index contributed by atoms with van der Waals surface area (Å²) in [6.07, 6.45) is -4.40. The number of halogens is 3. The fraction of sp³-hybridized carbons (Fsp3) is 0.133. The molecule has 0 aliphatic heterocycles. The number of hydrogen-bond donors (Lipinski definition) is 3. The summed E-state index contributed by atoms with van der Waals surface area (Å²) in [5, 5.41) is 5.03. The van der Waals surface area contributed by atoms with E-state index in [0.717, 1.165) is 12.1 Å². The summed E-state index contributed by atoms with van der Waals surface area (Å²) in [5.74, 6) is 0. The highest BCUT2D eigenvalue weighted by molar-refractivity contribution is 5.89. The molecular formula is C15H14F3N3O. The van der Waals surface area contributed by atoms with Crippen molar-refractivity contribution in [2.24, 2.45) is 0 Å². The lowest BCUT2D eigenvalue weighted by Gasteiger charge is -2.10. The standard InChI is InChI=1S/C15H14F3N3O/c16-15(17,18)11-4-1-3-10(7-11)9-20-14(22)21-13-6-2-5-12(19)8-13/h1-8H,9,19H2,(H2,20,21,22). The van der Waals surface area contributed by atoms with Gasteiger partial charge in [-0.2, -0.15) is 13.2 Å². The minimum absolute atomic E-state index is 0.0158. The van der Waals surface area contributed by atoms with Crippen molar-refractivity contribution >= 4 is 17.4 Å². The van der Waals surface area contributed by atoms with Crippen LogP contribution in [-0.4, -0.2) is 6.03 Å². The molecule has 0 aliphatic carbocycles. The molecule has 2 amide bonds. The molecule has 0 radical (unpaired) electrons. The summed E-state index contributed by atoms with van der Waals surface area (Å²) >= 11 is 0. The number of urea groups is 1. The third-order valence-corrected chi connectivity index (χ3v) is 2.85. The minimum Gasteiger partial charge on any atom is -0.399 e. The maximum atomic E-state index is 12.6. The van der Waals surface area contributed by atoms with Crippen LogP contribution in [-0.2, 0) is 12.7 Å². The number of nitrogens with one attached hydrogen (secondary N) is 2. The van der Waals surface area contributed by atoms with E-state index >= 15 is 0 Å². The van der Waals surface area contributed by atoms with Gasteiger partial charge in [-0.3, -0.25) is 0 Å². The molecule has 7 heteroatoms. The highest BCUT2D eigenvalue weighted by atomic mass is 19.4. The first-order valence-electron chi connectivity index (χ1n) is 6.41. The van der Waals surface area contributed by atoms with E-state index in [1.54, 1.807) is 24.3 Å². The Kier molecular flexibility index (Phi) is 4.55. The highest BCUT2D eigenvalue weighted by Gasteiger charge is 2.30. The number of alkyl halides is 3. The first-order chi connectivity index (χ1) is 10.3. The van der Waals surface area contributed by atoms with Gasteiger partial charge >= 0.3 is 12.2 Å². The lowest BCUT2D eigenvalue weighted by Crippen LogP contribution is -2.28. The molecule has 0 bridgehead atoms. The summed E-state index contributed by atoms with van der Waals surface area (Å²) < 4.78 is 37.7. The zero-order valence-electron chi connectivity index (χ0n) is 11.4. The third kappa shape index (κ3) is 4.41. The molecule has 4 N–H and O–H groups in total. The van der Waals surface area contributed by atoms with Gasteiger partial charge < -0.3 is 16.4 Å². The first-order valence-corrected chi connectivity index (χ1v) is 6.41. The van der Waals surface area contributed by atoms with Gasteiger partial charge in [-0.15, -0.1) is 0 Å². The van der Waals surface area contributed by atoms with Gasteiger partial charge in [-0.05, 0) is 35.9 Å². The Morgan fingerprint density at radius 2 is 1.82 bits per heavy atom. The predicted octanol–water partition coefficient (Wildman–Crippen LogP) is 3.61. The van der Waals surface area contributed by atoms with Gasteiger partial charge in [0.15, 0.2) is 0 Å². The van der Waals surface area contributed by atoms with Crippen molar-refractivity contribution < 1.29 is 18.0 Å². The van der Waals surface area contributed by atoms with E-state index in [4.69, 9.17) is 5.73 Å². The number of carbonyl (C=O) groups is 1. The van der Waals surface area contributed by atoms with E-state index in [1.807, 2.05) is 0 Å². The van der Waals surface area contributed by atoms with E-state index in [0.29, 0.717) is 16.9 Å². The lowest BCUT2D eigenvalue weighted by atomic mass is 10.1. The van der Waals surface area contributed by atoms with Gasteiger partial charge in [0, 0.05) is 17.9 Å². The van der Waals surface area contributed by atoms with Crippen LogP contribution in [0.15, 0.2) is 48.5 Å². The van der Waals surface area contributed by atoms with Crippen LogP contribution in [0.3, 0.4) is 0 Å². The van der Waals surface area contributed by atoms with Crippen LogP contribution in [0.5, 0.6) is 0 Å². The number of anilines is 2. The Labute approximate surface area is 125 Å². The van der Waals surface area contributed by atoms with Gasteiger partial charge in [0.2, 0.25) is 0 Å². The fourth-order valence-corrected chi connectivity index (χ4v) is 1.83. The first kappa shape index (κ1) is 15.7. The molecule has 2 aromatic rings. The van der Waals surface area contributed by atoms with Crippen LogP contribution in [0.1, 0.15) is 11.1 Å². The number of nitrogen functional groups attached to an aromatic ring is 1. The van der Waals surface area contributed by atoms with Gasteiger partial charge in [0.05, 0.1) is 5.56 Å². The quantitative estimate of drug-likeness (QED) is 0.758. The molecule has 2 rings (SSSR count). The smallest absolute Gasteiger partial charge is 0.399 e. The van der Waals surface area contributed by atoms with Gasteiger partial charge in [0.25, 0.3) is 0 Å². The van der Waals surface area contributed by atoms with Crippen molar-refractivity contribution in [1.29, 1.82) is 0 Å². The van der Waals surface area contributed by atoms with Crippen molar-refractivity contribution in [1.82, 2.24) is 5.32 Å². The predicted molar refractivity (Wildman–Crippen MR) is 78.2 cm³/mol.